The number of rotatable bonds is 15. The summed E-state index contributed by atoms with van der Waals surface area (Å²) in [6, 6.07) is 51.5. The second kappa shape index (κ2) is 32.3. The molecule has 0 N–H and O–H groups in total. The van der Waals surface area contributed by atoms with Gasteiger partial charge in [0.15, 0.2) is 26.2 Å². The van der Waals surface area contributed by atoms with Crippen molar-refractivity contribution >= 4 is 67.9 Å². The summed E-state index contributed by atoms with van der Waals surface area (Å²) in [5, 5.41) is 0. The van der Waals surface area contributed by atoms with Crippen molar-refractivity contribution in [3.05, 3.63) is 163 Å². The van der Waals surface area contributed by atoms with E-state index in [0.29, 0.717) is 79.3 Å². The Balaban J connectivity index is 0.000000143. The van der Waals surface area contributed by atoms with Crippen LogP contribution in [0, 0.1) is 40.9 Å². The lowest BCUT2D eigenvalue weighted by atomic mass is 9.50. The van der Waals surface area contributed by atoms with Gasteiger partial charge in [-0.1, -0.05) is 115 Å². The van der Waals surface area contributed by atoms with E-state index < -0.39 is 41.3 Å². The lowest BCUT2D eigenvalue weighted by Gasteiger charge is -2.56. The molecule has 2 atom stereocenters. The molecule has 9 nitrogen and oxygen atoms in total. The monoisotopic (exact) mass is 1320 g/mol. The molecule has 2 aliphatic heterocycles. The first-order valence-electron chi connectivity index (χ1n) is 31.8. The van der Waals surface area contributed by atoms with Crippen molar-refractivity contribution in [1.82, 2.24) is 0 Å². The topological polar surface area (TPSA) is 130 Å². The number of carbonyl (C=O) groups excluding carboxylic acids is 6. The van der Waals surface area contributed by atoms with Gasteiger partial charge in [0.05, 0.1) is 24.6 Å². The number of Topliss-reactive ketones (excluding diaryl/α,β-unsaturated/α-hetero) is 3. The minimum Gasteiger partial charge on any atom is -0.465 e. The number of methoxy groups -OCH3 is 1. The first-order valence-corrected chi connectivity index (χ1v) is 36.5. The molecule has 2 saturated heterocycles. The van der Waals surface area contributed by atoms with Gasteiger partial charge in [0.25, 0.3) is 0 Å². The molecule has 10 aliphatic rings. The fraction of sp³-hybridized carbons (Fsp3) is 0.507. The number of hydrogen-bond donors (Lipinski definition) is 0. The smallest absolute Gasteiger partial charge is 0.377 e. The molecule has 0 radical (unpaired) electrons. The maximum absolute atomic E-state index is 12.9. The molecule has 2 heterocycles. The van der Waals surface area contributed by atoms with Gasteiger partial charge in [-0.2, -0.15) is 26.3 Å². The van der Waals surface area contributed by atoms with Crippen molar-refractivity contribution in [3.63, 3.8) is 0 Å². The maximum Gasteiger partial charge on any atom is 0.377 e. The minimum absolute atomic E-state index is 0.0146. The molecule has 8 aliphatic carbocycles. The molecule has 0 amide bonds. The number of hydrogen-bond acceptors (Lipinski definition) is 9. The Hall–Kier alpha value is -5.85. The van der Waals surface area contributed by atoms with Gasteiger partial charge in [-0.3, -0.25) is 14.4 Å². The van der Waals surface area contributed by atoms with E-state index in [1.807, 2.05) is 60.7 Å². The van der Waals surface area contributed by atoms with Crippen molar-refractivity contribution in [3.8, 4) is 0 Å². The van der Waals surface area contributed by atoms with E-state index in [9.17, 15) is 55.1 Å². The van der Waals surface area contributed by atoms with Crippen LogP contribution in [0.2, 0.25) is 0 Å². The third-order valence-corrected chi connectivity index (χ3v) is 25.2. The van der Waals surface area contributed by atoms with Gasteiger partial charge >= 0.3 is 35.7 Å². The average Bonchev–Trinajstić information content (AvgIpc) is 1.07. The molecule has 18 heteroatoms. The normalized spacial score (nSPS) is 25.1. The standard InChI is InChI=1S/C18H15S.C14H20F2O2.C13H16F2O3.2C12H15OS.C4H6F2O2/c1-4-10-16(11-5-1)19(17-12-6-2-7-13-17)18-14-8-3-9-15-18;1-13(15,16)12(17)18-8-14-5-9-2-10(6-14)4-11(3-9)7-14;1-12(14,15)11(17)18-13-4-7-2-8(5-13)10(16)9(3-7)6-13;2*13-12(10-14-8-4-5-9-14)11-6-2-1-3-7-11;1-4(5,6)3(7)8-2/h1-15H;9-11H,2-8H2,1H3;7-9H,2-6H2,1H3;2*1-3,6-7H,4-5,8-10H2;1-2H3/q+1;;;2*+1;. The Morgan fingerprint density at radius 3 is 1.11 bits per heavy atom. The number of carbonyl (C=O) groups is 6. The van der Waals surface area contributed by atoms with E-state index in [4.69, 9.17) is 9.47 Å². The van der Waals surface area contributed by atoms with Gasteiger partial charge in [-0.05, 0) is 178 Å². The van der Waals surface area contributed by atoms with Crippen LogP contribution in [0.4, 0.5) is 26.3 Å². The highest BCUT2D eigenvalue weighted by Gasteiger charge is 2.58. The predicted octanol–water partition coefficient (Wildman–Crippen LogP) is 15.9. The van der Waals surface area contributed by atoms with Crippen LogP contribution in [0.3, 0.4) is 0 Å². The molecular formula is C73H87F6O9S3+3. The van der Waals surface area contributed by atoms with E-state index in [0.717, 1.165) is 79.6 Å². The van der Waals surface area contributed by atoms with Crippen LogP contribution >= 0.6 is 0 Å². The Kier molecular flexibility index (Phi) is 25.2. The number of alkyl halides is 6. The van der Waals surface area contributed by atoms with Gasteiger partial charge in [-0.15, -0.1) is 0 Å². The van der Waals surface area contributed by atoms with Crippen LogP contribution in [0.5, 0.6) is 0 Å². The van der Waals surface area contributed by atoms with Crippen molar-refractivity contribution in [2.24, 2.45) is 40.9 Å². The molecule has 8 bridgehead atoms. The van der Waals surface area contributed by atoms with Crippen LogP contribution < -0.4 is 0 Å². The highest BCUT2D eigenvalue weighted by molar-refractivity contribution is 7.98. The van der Waals surface area contributed by atoms with Gasteiger partial charge in [-0.25, -0.2) is 14.4 Å². The fourth-order valence-corrected chi connectivity index (χ4v) is 21.3. The van der Waals surface area contributed by atoms with E-state index in [-0.39, 0.29) is 40.5 Å². The van der Waals surface area contributed by atoms with Crippen LogP contribution in [0.1, 0.15) is 138 Å². The number of ketones is 3. The quantitative estimate of drug-likeness (QED) is 0.0331. The Morgan fingerprint density at radius 1 is 0.462 bits per heavy atom. The highest BCUT2D eigenvalue weighted by atomic mass is 32.2. The summed E-state index contributed by atoms with van der Waals surface area (Å²) in [5.41, 5.74) is 0.996. The van der Waals surface area contributed by atoms with Crippen molar-refractivity contribution in [2.45, 2.75) is 155 Å². The maximum atomic E-state index is 12.9. The average molecular weight is 1320 g/mol. The van der Waals surface area contributed by atoms with Crippen LogP contribution in [0.25, 0.3) is 0 Å². The molecule has 15 rings (SSSR count). The molecule has 8 saturated carbocycles. The summed E-state index contributed by atoms with van der Waals surface area (Å²) in [7, 11) is 1.69. The zero-order valence-electron chi connectivity index (χ0n) is 52.6. The Bertz CT molecular complexity index is 2940. The molecule has 0 spiro atoms. The SMILES string of the molecule is CC(F)(F)C(=O)OC12CC3CC(C1)C(=O)C(C3)C2.CC(F)(F)C(=O)OCC12CC3CC(CC(C3)C1)C2.COC(=O)C(C)(F)F.O=C(C[S+]1CCCC1)c1ccccc1.O=C(C[S+]1CCCC1)c1ccccc1.c1ccc([S+](c2ccccc2)c2ccccc2)cc1. The molecule has 490 valence electrons. The largest absolute Gasteiger partial charge is 0.465 e. The highest BCUT2D eigenvalue weighted by Crippen LogP contribution is 2.60. The van der Waals surface area contributed by atoms with E-state index in [1.165, 1.54) is 82.6 Å². The van der Waals surface area contributed by atoms with Gasteiger partial charge in [0.1, 0.15) is 34.4 Å². The summed E-state index contributed by atoms with van der Waals surface area (Å²) >= 11 is 0. The molecular weight excluding hydrogens is 1230 g/mol. The molecule has 5 aromatic carbocycles. The van der Waals surface area contributed by atoms with E-state index in [1.54, 1.807) is 0 Å². The second-order valence-electron chi connectivity index (χ2n) is 26.0. The molecule has 5 aromatic rings. The fourth-order valence-electron chi connectivity index (χ4n) is 14.7. The van der Waals surface area contributed by atoms with Crippen molar-refractivity contribution in [1.29, 1.82) is 0 Å². The molecule has 0 aromatic heterocycles. The van der Waals surface area contributed by atoms with Crippen LogP contribution in [-0.2, 0) is 66.1 Å². The first-order chi connectivity index (χ1) is 43.3. The third kappa shape index (κ3) is 20.8. The van der Waals surface area contributed by atoms with Crippen molar-refractivity contribution in [2.75, 3.05) is 48.2 Å². The zero-order chi connectivity index (χ0) is 65.4. The second-order valence-corrected chi connectivity index (χ2v) is 32.7. The van der Waals surface area contributed by atoms with E-state index in [2.05, 4.69) is 95.7 Å². The molecule has 91 heavy (non-hydrogen) atoms. The van der Waals surface area contributed by atoms with Gasteiger partial charge in [0.2, 0.25) is 11.6 Å². The number of benzene rings is 5. The molecule has 2 unspecified atom stereocenters. The number of halogens is 6. The van der Waals surface area contributed by atoms with Gasteiger partial charge in [0, 0.05) is 49.1 Å². The zero-order valence-corrected chi connectivity index (χ0v) is 55.1. The van der Waals surface area contributed by atoms with Crippen molar-refractivity contribution < 1.29 is 69.3 Å². The third-order valence-electron chi connectivity index (χ3n) is 18.2. The van der Waals surface area contributed by atoms with Gasteiger partial charge < -0.3 is 14.2 Å². The molecule has 10 fully saturated rings. The Morgan fingerprint density at radius 2 is 0.791 bits per heavy atom. The van der Waals surface area contributed by atoms with E-state index >= 15 is 0 Å². The summed E-state index contributed by atoms with van der Waals surface area (Å²) < 4.78 is 88.5. The van der Waals surface area contributed by atoms with Crippen LogP contribution in [0.15, 0.2) is 166 Å². The first kappa shape index (κ1) is 71.0. The Labute approximate surface area is 541 Å². The number of esters is 3. The summed E-state index contributed by atoms with van der Waals surface area (Å²) in [5.74, 6) is -4.44. The number of ether oxygens (including phenoxy) is 3. The lowest BCUT2D eigenvalue weighted by Crippen LogP contribution is -2.57. The summed E-state index contributed by atoms with van der Waals surface area (Å²) in [4.78, 5) is 72.0. The summed E-state index contributed by atoms with van der Waals surface area (Å²) in [6.07, 6.45) is 15.6. The summed E-state index contributed by atoms with van der Waals surface area (Å²) in [6.45, 7) is 1.85. The predicted molar refractivity (Wildman–Crippen MR) is 348 cm³/mol. The minimum atomic E-state index is -3.45. The lowest BCUT2D eigenvalue weighted by molar-refractivity contribution is -0.207. The van der Waals surface area contributed by atoms with Crippen LogP contribution in [-0.4, -0.2) is 107 Å².